The predicted molar refractivity (Wildman–Crippen MR) is 61.7 cm³/mol. The fraction of sp³-hybridized carbons (Fsp3) is 0.778. The van der Waals surface area contributed by atoms with Crippen LogP contribution in [0.1, 0.15) is 19.8 Å². The molecule has 1 unspecified atom stereocenters. The molecular formula is C9H15N5O2S. The highest BCUT2D eigenvalue weighted by Crippen LogP contribution is 2.26. The number of carboxylic acid groups (broad SMARTS) is 1. The summed E-state index contributed by atoms with van der Waals surface area (Å²) in [6, 6.07) is 0.342. The van der Waals surface area contributed by atoms with Gasteiger partial charge in [0.15, 0.2) is 0 Å². The molecule has 8 heteroatoms. The number of rotatable bonds is 6. The number of aryl methyl sites for hydroxylation is 1. The third-order valence-corrected chi connectivity index (χ3v) is 3.97. The van der Waals surface area contributed by atoms with Gasteiger partial charge in [-0.05, 0) is 30.2 Å². The maximum atomic E-state index is 11.3. The van der Waals surface area contributed by atoms with E-state index >= 15 is 0 Å². The van der Waals surface area contributed by atoms with Gasteiger partial charge in [0.2, 0.25) is 5.16 Å². The molecule has 7 nitrogen and oxygen atoms in total. The number of aliphatic carboxylic acids is 1. The number of carboxylic acids is 1. The van der Waals surface area contributed by atoms with E-state index in [2.05, 4.69) is 20.8 Å². The van der Waals surface area contributed by atoms with Gasteiger partial charge in [0, 0.05) is 18.8 Å². The Kier molecular flexibility index (Phi) is 3.34. The van der Waals surface area contributed by atoms with Crippen molar-refractivity contribution in [1.82, 2.24) is 25.5 Å². The van der Waals surface area contributed by atoms with Crippen LogP contribution in [0.3, 0.4) is 0 Å². The summed E-state index contributed by atoms with van der Waals surface area (Å²) < 4.78 is 1.53. The Labute approximate surface area is 103 Å². The molecule has 2 N–H and O–H groups in total. The molecule has 1 atom stereocenters. The molecule has 1 aromatic rings. The fourth-order valence-corrected chi connectivity index (χ4v) is 2.34. The van der Waals surface area contributed by atoms with Gasteiger partial charge in [-0.25, -0.2) is 4.68 Å². The summed E-state index contributed by atoms with van der Waals surface area (Å²) in [6.45, 7) is 1.70. The highest BCUT2D eigenvalue weighted by molar-refractivity contribution is 7.99. The minimum Gasteiger partial charge on any atom is -0.480 e. The molecule has 94 valence electrons. The van der Waals surface area contributed by atoms with E-state index in [1.165, 1.54) is 16.4 Å². The van der Waals surface area contributed by atoms with Crippen molar-refractivity contribution in [2.45, 2.75) is 36.5 Å². The summed E-state index contributed by atoms with van der Waals surface area (Å²) in [4.78, 5) is 11.3. The fourth-order valence-electron chi connectivity index (χ4n) is 1.40. The summed E-state index contributed by atoms with van der Waals surface area (Å²) in [7, 11) is 1.73. The van der Waals surface area contributed by atoms with Crippen LogP contribution in [0.15, 0.2) is 5.16 Å². The van der Waals surface area contributed by atoms with E-state index in [0.29, 0.717) is 17.0 Å². The third kappa shape index (κ3) is 2.95. The van der Waals surface area contributed by atoms with Gasteiger partial charge in [-0.15, -0.1) is 5.10 Å². The molecule has 0 amide bonds. The van der Waals surface area contributed by atoms with Gasteiger partial charge in [-0.3, -0.25) is 10.1 Å². The lowest BCUT2D eigenvalue weighted by Crippen LogP contribution is -2.52. The first-order chi connectivity index (χ1) is 8.01. The zero-order chi connectivity index (χ0) is 12.5. The second-order valence-electron chi connectivity index (χ2n) is 4.43. The molecule has 0 radical (unpaired) electrons. The zero-order valence-corrected chi connectivity index (χ0v) is 10.6. The lowest BCUT2D eigenvalue weighted by molar-refractivity contribution is -0.143. The first-order valence-corrected chi connectivity index (χ1v) is 6.36. The minimum absolute atomic E-state index is 0.342. The summed E-state index contributed by atoms with van der Waals surface area (Å²) in [5, 5.41) is 24.1. The first-order valence-electron chi connectivity index (χ1n) is 5.37. The summed E-state index contributed by atoms with van der Waals surface area (Å²) >= 11 is 1.34. The summed E-state index contributed by atoms with van der Waals surface area (Å²) in [5.41, 5.74) is -0.933. The average molecular weight is 257 g/mol. The SMILES string of the molecule is Cn1nnnc1SCC(C)(NC1CC1)C(=O)O. The van der Waals surface area contributed by atoms with E-state index in [-0.39, 0.29) is 0 Å². The molecule has 1 aliphatic carbocycles. The molecule has 0 aromatic carbocycles. The molecule has 0 saturated heterocycles. The van der Waals surface area contributed by atoms with Crippen LogP contribution in [0, 0.1) is 0 Å². The molecule has 2 rings (SSSR count). The molecule has 1 aromatic heterocycles. The van der Waals surface area contributed by atoms with Crippen LogP contribution in [0.5, 0.6) is 0 Å². The lowest BCUT2D eigenvalue weighted by Gasteiger charge is -2.25. The van der Waals surface area contributed by atoms with Crippen LogP contribution < -0.4 is 5.32 Å². The van der Waals surface area contributed by atoms with Gasteiger partial charge >= 0.3 is 5.97 Å². The number of carbonyl (C=O) groups is 1. The molecule has 17 heavy (non-hydrogen) atoms. The van der Waals surface area contributed by atoms with E-state index in [1.807, 2.05) is 0 Å². The number of aromatic nitrogens is 4. The van der Waals surface area contributed by atoms with E-state index in [9.17, 15) is 9.90 Å². The molecule has 1 heterocycles. The Balaban J connectivity index is 1.97. The standard InChI is InChI=1S/C9H15N5O2S/c1-9(7(15)16,10-6-3-4-6)5-17-8-11-12-13-14(8)2/h6,10H,3-5H2,1-2H3,(H,15,16). The average Bonchev–Trinajstić information content (AvgIpc) is 2.97. The highest BCUT2D eigenvalue weighted by Gasteiger charge is 2.38. The number of nitrogens with one attached hydrogen (secondary N) is 1. The Morgan fingerprint density at radius 3 is 2.88 bits per heavy atom. The Morgan fingerprint density at radius 1 is 1.71 bits per heavy atom. The number of nitrogens with zero attached hydrogens (tertiary/aromatic N) is 4. The van der Waals surface area contributed by atoms with Gasteiger partial charge in [-0.1, -0.05) is 11.8 Å². The van der Waals surface area contributed by atoms with Crippen LogP contribution in [0.4, 0.5) is 0 Å². The van der Waals surface area contributed by atoms with Crippen molar-refractivity contribution in [3.63, 3.8) is 0 Å². The molecule has 1 aliphatic rings. The van der Waals surface area contributed by atoms with Crippen LogP contribution >= 0.6 is 11.8 Å². The maximum absolute atomic E-state index is 11.3. The van der Waals surface area contributed by atoms with Crippen molar-refractivity contribution in [2.24, 2.45) is 7.05 Å². The quantitative estimate of drug-likeness (QED) is 0.687. The van der Waals surface area contributed by atoms with E-state index in [0.717, 1.165) is 12.8 Å². The van der Waals surface area contributed by atoms with E-state index in [1.54, 1.807) is 14.0 Å². The van der Waals surface area contributed by atoms with Crippen molar-refractivity contribution < 1.29 is 9.90 Å². The summed E-state index contributed by atoms with van der Waals surface area (Å²) in [6.07, 6.45) is 2.11. The Hall–Kier alpha value is -1.15. The molecule has 0 spiro atoms. The van der Waals surface area contributed by atoms with Gasteiger partial charge in [0.05, 0.1) is 0 Å². The van der Waals surface area contributed by atoms with Gasteiger partial charge in [0.1, 0.15) is 5.54 Å². The van der Waals surface area contributed by atoms with Crippen LogP contribution in [0.25, 0.3) is 0 Å². The van der Waals surface area contributed by atoms with Crippen molar-refractivity contribution >= 4 is 17.7 Å². The zero-order valence-electron chi connectivity index (χ0n) is 9.75. The van der Waals surface area contributed by atoms with Crippen molar-refractivity contribution in [3.8, 4) is 0 Å². The second kappa shape index (κ2) is 4.61. The molecule has 0 bridgehead atoms. The number of thioether (sulfide) groups is 1. The van der Waals surface area contributed by atoms with E-state index in [4.69, 9.17) is 0 Å². The smallest absolute Gasteiger partial charge is 0.324 e. The van der Waals surface area contributed by atoms with Gasteiger partial charge in [0.25, 0.3) is 0 Å². The Morgan fingerprint density at radius 2 is 2.41 bits per heavy atom. The topological polar surface area (TPSA) is 92.9 Å². The minimum atomic E-state index is -0.933. The van der Waals surface area contributed by atoms with E-state index < -0.39 is 11.5 Å². The summed E-state index contributed by atoms with van der Waals surface area (Å²) in [5.74, 6) is -0.445. The van der Waals surface area contributed by atoms with Crippen LogP contribution in [-0.4, -0.2) is 48.6 Å². The van der Waals surface area contributed by atoms with Gasteiger partial charge < -0.3 is 5.11 Å². The molecule has 1 fully saturated rings. The number of hydrogen-bond donors (Lipinski definition) is 2. The van der Waals surface area contributed by atoms with Crippen LogP contribution in [-0.2, 0) is 11.8 Å². The van der Waals surface area contributed by atoms with Gasteiger partial charge in [-0.2, -0.15) is 0 Å². The molecular weight excluding hydrogens is 242 g/mol. The monoisotopic (exact) mass is 257 g/mol. The largest absolute Gasteiger partial charge is 0.480 e. The van der Waals surface area contributed by atoms with Crippen molar-refractivity contribution in [3.05, 3.63) is 0 Å². The highest BCUT2D eigenvalue weighted by atomic mass is 32.2. The first kappa shape index (κ1) is 12.3. The molecule has 1 saturated carbocycles. The predicted octanol–water partition coefficient (Wildman–Crippen LogP) is -0.103. The Bertz CT molecular complexity index is 419. The second-order valence-corrected chi connectivity index (χ2v) is 5.37. The molecule has 0 aliphatic heterocycles. The van der Waals surface area contributed by atoms with Crippen LogP contribution in [0.2, 0.25) is 0 Å². The maximum Gasteiger partial charge on any atom is 0.324 e. The normalized spacial score (nSPS) is 18.9. The van der Waals surface area contributed by atoms with Crippen molar-refractivity contribution in [2.75, 3.05) is 5.75 Å². The number of hydrogen-bond acceptors (Lipinski definition) is 6. The van der Waals surface area contributed by atoms with Crippen molar-refractivity contribution in [1.29, 1.82) is 0 Å². The lowest BCUT2D eigenvalue weighted by atomic mass is 10.1. The number of tetrazole rings is 1. The third-order valence-electron chi connectivity index (χ3n) is 2.64.